The van der Waals surface area contributed by atoms with Crippen LogP contribution in [0.3, 0.4) is 0 Å². The Morgan fingerprint density at radius 1 is 1.50 bits per heavy atom. The van der Waals surface area contributed by atoms with E-state index in [2.05, 4.69) is 38.3 Å². The molecule has 2 unspecified atom stereocenters. The number of nitrogens with one attached hydrogen (secondary N) is 2. The fraction of sp³-hybridized carbons (Fsp3) is 0.929. The Kier molecular flexibility index (Phi) is 5.60. The first kappa shape index (κ1) is 15.4. The molecule has 0 bridgehead atoms. The van der Waals surface area contributed by atoms with Crippen molar-refractivity contribution >= 4 is 5.91 Å². The van der Waals surface area contributed by atoms with Crippen LogP contribution in [0.5, 0.6) is 0 Å². The molecule has 18 heavy (non-hydrogen) atoms. The highest BCUT2D eigenvalue weighted by molar-refractivity contribution is 5.83. The maximum absolute atomic E-state index is 12.3. The molecule has 0 aromatic heterocycles. The Hall–Kier alpha value is -0.610. The highest BCUT2D eigenvalue weighted by atomic mass is 16.3. The van der Waals surface area contributed by atoms with E-state index in [1.165, 1.54) is 0 Å². The number of hydrogen-bond acceptors (Lipinski definition) is 3. The van der Waals surface area contributed by atoms with Crippen LogP contribution in [0.15, 0.2) is 0 Å². The van der Waals surface area contributed by atoms with E-state index in [-0.39, 0.29) is 30.0 Å². The largest absolute Gasteiger partial charge is 0.394 e. The van der Waals surface area contributed by atoms with E-state index in [9.17, 15) is 9.90 Å². The highest BCUT2D eigenvalue weighted by Crippen LogP contribution is 2.30. The van der Waals surface area contributed by atoms with Crippen LogP contribution in [0.25, 0.3) is 0 Å². The first-order valence-electron chi connectivity index (χ1n) is 7.01. The van der Waals surface area contributed by atoms with Gasteiger partial charge in [-0.25, -0.2) is 0 Å². The topological polar surface area (TPSA) is 61.4 Å². The second-order valence-electron chi connectivity index (χ2n) is 6.50. The van der Waals surface area contributed by atoms with Crippen molar-refractivity contribution in [2.45, 2.75) is 59.0 Å². The van der Waals surface area contributed by atoms with Gasteiger partial charge in [-0.05, 0) is 37.1 Å². The van der Waals surface area contributed by atoms with Crippen LogP contribution < -0.4 is 10.6 Å². The number of aliphatic hydroxyl groups is 1. The zero-order valence-corrected chi connectivity index (χ0v) is 12.1. The normalized spacial score (nSPS) is 24.9. The number of carbonyl (C=O) groups excluding carboxylic acids is 1. The minimum atomic E-state index is -0.146. The first-order valence-corrected chi connectivity index (χ1v) is 7.01. The molecule has 4 nitrogen and oxygen atoms in total. The Balaban J connectivity index is 2.57. The van der Waals surface area contributed by atoms with Gasteiger partial charge < -0.3 is 15.7 Å². The summed E-state index contributed by atoms with van der Waals surface area (Å²) in [5.41, 5.74) is -0.0137. The summed E-state index contributed by atoms with van der Waals surface area (Å²) < 4.78 is 0. The molecule has 1 rings (SSSR count). The Labute approximate surface area is 111 Å². The third-order valence-electron chi connectivity index (χ3n) is 3.71. The number of piperidine rings is 1. The van der Waals surface area contributed by atoms with E-state index in [1.54, 1.807) is 0 Å². The maximum atomic E-state index is 12.3. The average molecular weight is 256 g/mol. The van der Waals surface area contributed by atoms with Crippen LogP contribution in [0, 0.1) is 11.3 Å². The smallest absolute Gasteiger partial charge is 0.237 e. The number of hydrogen-bond donors (Lipinski definition) is 3. The molecule has 0 aliphatic carbocycles. The number of carbonyl (C=O) groups is 1. The monoisotopic (exact) mass is 256 g/mol. The highest BCUT2D eigenvalue weighted by Gasteiger charge is 2.37. The molecule has 0 aromatic rings. The van der Waals surface area contributed by atoms with Crippen molar-refractivity contribution in [1.29, 1.82) is 0 Å². The minimum absolute atomic E-state index is 0.0110. The molecule has 1 amide bonds. The molecule has 0 radical (unpaired) electrons. The summed E-state index contributed by atoms with van der Waals surface area (Å²) in [6.07, 6.45) is 2.99. The second kappa shape index (κ2) is 6.53. The van der Waals surface area contributed by atoms with Crippen molar-refractivity contribution in [2.75, 3.05) is 13.2 Å². The lowest BCUT2D eigenvalue weighted by Crippen LogP contribution is -2.57. The predicted octanol–water partition coefficient (Wildman–Crippen LogP) is 1.29. The summed E-state index contributed by atoms with van der Waals surface area (Å²) in [4.78, 5) is 12.3. The van der Waals surface area contributed by atoms with E-state index >= 15 is 0 Å². The maximum Gasteiger partial charge on any atom is 0.237 e. The van der Waals surface area contributed by atoms with Gasteiger partial charge in [0.1, 0.15) is 0 Å². The van der Waals surface area contributed by atoms with Crippen molar-refractivity contribution in [3.63, 3.8) is 0 Å². The Bertz CT molecular complexity index is 277. The molecular formula is C14H28N2O2. The molecule has 1 aliphatic rings. The van der Waals surface area contributed by atoms with E-state index in [4.69, 9.17) is 0 Å². The summed E-state index contributed by atoms with van der Waals surface area (Å²) in [5.74, 6) is 0.495. The third kappa shape index (κ3) is 4.25. The number of aliphatic hydroxyl groups excluding tert-OH is 1. The molecule has 2 atom stereocenters. The molecule has 1 fully saturated rings. The van der Waals surface area contributed by atoms with E-state index in [0.29, 0.717) is 5.92 Å². The molecule has 106 valence electrons. The number of amides is 1. The van der Waals surface area contributed by atoms with E-state index in [0.717, 1.165) is 25.8 Å². The standard InChI is InChI=1S/C14H28N2O2/c1-10(2)8-11(9-17)16-13(18)12-14(3,4)6-5-7-15-12/h10-12,15,17H,5-9H2,1-4H3,(H,16,18). The summed E-state index contributed by atoms with van der Waals surface area (Å²) in [7, 11) is 0. The van der Waals surface area contributed by atoms with Gasteiger partial charge in [0.15, 0.2) is 0 Å². The molecule has 1 saturated heterocycles. The van der Waals surface area contributed by atoms with Gasteiger partial charge in [0, 0.05) is 0 Å². The Morgan fingerprint density at radius 2 is 2.17 bits per heavy atom. The summed E-state index contributed by atoms with van der Waals surface area (Å²) >= 11 is 0. The lowest BCUT2D eigenvalue weighted by molar-refractivity contribution is -0.127. The van der Waals surface area contributed by atoms with Gasteiger partial charge in [-0.3, -0.25) is 4.79 Å². The van der Waals surface area contributed by atoms with Crippen molar-refractivity contribution in [3.8, 4) is 0 Å². The lowest BCUT2D eigenvalue weighted by atomic mass is 9.77. The van der Waals surface area contributed by atoms with Crippen LogP contribution in [-0.2, 0) is 4.79 Å². The summed E-state index contributed by atoms with van der Waals surface area (Å²) in [5, 5.41) is 15.6. The fourth-order valence-corrected chi connectivity index (χ4v) is 2.69. The Morgan fingerprint density at radius 3 is 2.67 bits per heavy atom. The molecular weight excluding hydrogens is 228 g/mol. The van der Waals surface area contributed by atoms with Crippen LogP contribution in [-0.4, -0.2) is 36.2 Å². The predicted molar refractivity (Wildman–Crippen MR) is 73.3 cm³/mol. The van der Waals surface area contributed by atoms with Crippen LogP contribution in [0.1, 0.15) is 47.0 Å². The van der Waals surface area contributed by atoms with Crippen LogP contribution >= 0.6 is 0 Å². The molecule has 0 aromatic carbocycles. The van der Waals surface area contributed by atoms with Gasteiger partial charge in [-0.15, -0.1) is 0 Å². The zero-order chi connectivity index (χ0) is 13.8. The molecule has 3 N–H and O–H groups in total. The van der Waals surface area contributed by atoms with Crippen molar-refractivity contribution in [2.24, 2.45) is 11.3 Å². The zero-order valence-electron chi connectivity index (χ0n) is 12.1. The summed E-state index contributed by atoms with van der Waals surface area (Å²) in [6, 6.07) is -0.274. The van der Waals surface area contributed by atoms with Gasteiger partial charge in [0.2, 0.25) is 5.91 Å². The van der Waals surface area contributed by atoms with Gasteiger partial charge in [0.25, 0.3) is 0 Å². The van der Waals surface area contributed by atoms with Crippen molar-refractivity contribution in [3.05, 3.63) is 0 Å². The van der Waals surface area contributed by atoms with E-state index < -0.39 is 0 Å². The fourth-order valence-electron chi connectivity index (χ4n) is 2.69. The van der Waals surface area contributed by atoms with Gasteiger partial charge in [0.05, 0.1) is 18.7 Å². The molecule has 0 spiro atoms. The average Bonchev–Trinajstić information content (AvgIpc) is 2.26. The second-order valence-corrected chi connectivity index (χ2v) is 6.50. The van der Waals surface area contributed by atoms with E-state index in [1.807, 2.05) is 0 Å². The molecule has 4 heteroatoms. The lowest BCUT2D eigenvalue weighted by Gasteiger charge is -2.39. The van der Waals surface area contributed by atoms with Crippen molar-refractivity contribution in [1.82, 2.24) is 10.6 Å². The van der Waals surface area contributed by atoms with Crippen LogP contribution in [0.4, 0.5) is 0 Å². The number of rotatable bonds is 5. The molecule has 1 aliphatic heterocycles. The van der Waals surface area contributed by atoms with Gasteiger partial charge in [-0.1, -0.05) is 27.7 Å². The SMILES string of the molecule is CC(C)CC(CO)NC(=O)C1NCCCC1(C)C. The molecule has 0 saturated carbocycles. The third-order valence-corrected chi connectivity index (χ3v) is 3.71. The summed E-state index contributed by atoms with van der Waals surface area (Å²) in [6.45, 7) is 9.35. The van der Waals surface area contributed by atoms with Crippen LogP contribution in [0.2, 0.25) is 0 Å². The minimum Gasteiger partial charge on any atom is -0.394 e. The van der Waals surface area contributed by atoms with Gasteiger partial charge >= 0.3 is 0 Å². The van der Waals surface area contributed by atoms with Gasteiger partial charge in [-0.2, -0.15) is 0 Å². The first-order chi connectivity index (χ1) is 8.36. The molecule has 1 heterocycles. The quantitative estimate of drug-likeness (QED) is 0.694. The van der Waals surface area contributed by atoms with Crippen molar-refractivity contribution < 1.29 is 9.90 Å².